The van der Waals surface area contributed by atoms with E-state index in [1.54, 1.807) is 0 Å². The van der Waals surface area contributed by atoms with Gasteiger partial charge in [0, 0.05) is 25.2 Å². The molecule has 3 atom stereocenters. The monoisotopic (exact) mass is 293 g/mol. The molecule has 3 unspecified atom stereocenters. The number of amides is 1. The Morgan fingerprint density at radius 3 is 2.52 bits per heavy atom. The van der Waals surface area contributed by atoms with Crippen LogP contribution in [0.25, 0.3) is 0 Å². The summed E-state index contributed by atoms with van der Waals surface area (Å²) in [5.74, 6) is 0.325. The molecule has 0 spiro atoms. The average molecular weight is 293 g/mol. The standard InChI is InChI=1S/C17H31N3O/c1-14(17(21)20-9-4-2-3-5-10-20)18-15-8-12-19-11-6-7-16(19)13-15/h14-16,18H,2-13H2,1H3. The zero-order chi connectivity index (χ0) is 14.7. The van der Waals surface area contributed by atoms with Crippen LogP contribution in [0.2, 0.25) is 0 Å². The summed E-state index contributed by atoms with van der Waals surface area (Å²) in [6, 6.07) is 1.30. The molecule has 0 aromatic heterocycles. The Labute approximate surface area is 129 Å². The summed E-state index contributed by atoms with van der Waals surface area (Å²) in [6.45, 7) is 6.50. The first-order chi connectivity index (χ1) is 10.2. The number of carbonyl (C=O) groups is 1. The van der Waals surface area contributed by atoms with Crippen molar-refractivity contribution in [3.8, 4) is 0 Å². The van der Waals surface area contributed by atoms with Crippen LogP contribution in [0.3, 0.4) is 0 Å². The molecule has 3 fully saturated rings. The summed E-state index contributed by atoms with van der Waals surface area (Å²) >= 11 is 0. The molecule has 1 amide bonds. The van der Waals surface area contributed by atoms with Gasteiger partial charge in [-0.3, -0.25) is 4.79 Å². The largest absolute Gasteiger partial charge is 0.341 e. The Morgan fingerprint density at radius 1 is 1.00 bits per heavy atom. The number of rotatable bonds is 3. The van der Waals surface area contributed by atoms with Gasteiger partial charge in [0.2, 0.25) is 5.91 Å². The van der Waals surface area contributed by atoms with E-state index >= 15 is 0 Å². The average Bonchev–Trinajstić information content (AvgIpc) is 2.78. The highest BCUT2D eigenvalue weighted by Crippen LogP contribution is 2.27. The number of hydrogen-bond donors (Lipinski definition) is 1. The number of nitrogens with zero attached hydrogens (tertiary/aromatic N) is 2. The van der Waals surface area contributed by atoms with Crippen molar-refractivity contribution in [2.24, 2.45) is 0 Å². The van der Waals surface area contributed by atoms with Gasteiger partial charge in [-0.15, -0.1) is 0 Å². The number of carbonyl (C=O) groups excluding carboxylic acids is 1. The lowest BCUT2D eigenvalue weighted by Crippen LogP contribution is -2.52. The molecule has 21 heavy (non-hydrogen) atoms. The van der Waals surface area contributed by atoms with Crippen molar-refractivity contribution in [3.63, 3.8) is 0 Å². The van der Waals surface area contributed by atoms with E-state index in [1.165, 1.54) is 64.5 Å². The van der Waals surface area contributed by atoms with Gasteiger partial charge < -0.3 is 15.1 Å². The fourth-order valence-corrected chi connectivity index (χ4v) is 4.37. The van der Waals surface area contributed by atoms with Crippen molar-refractivity contribution in [2.75, 3.05) is 26.2 Å². The molecular weight excluding hydrogens is 262 g/mol. The van der Waals surface area contributed by atoms with Crippen LogP contribution in [0, 0.1) is 0 Å². The topological polar surface area (TPSA) is 35.6 Å². The van der Waals surface area contributed by atoms with Crippen molar-refractivity contribution in [1.82, 2.24) is 15.1 Å². The van der Waals surface area contributed by atoms with Gasteiger partial charge in [-0.1, -0.05) is 12.8 Å². The van der Waals surface area contributed by atoms with Gasteiger partial charge in [-0.05, 0) is 58.5 Å². The van der Waals surface area contributed by atoms with E-state index in [0.717, 1.165) is 19.1 Å². The normalized spacial score (nSPS) is 32.5. The van der Waals surface area contributed by atoms with Crippen LogP contribution < -0.4 is 5.32 Å². The molecule has 0 aromatic carbocycles. The lowest BCUT2D eigenvalue weighted by molar-refractivity contribution is -0.133. The van der Waals surface area contributed by atoms with Crippen LogP contribution in [0.5, 0.6) is 0 Å². The molecule has 1 N–H and O–H groups in total. The lowest BCUT2D eigenvalue weighted by atomic mass is 9.97. The molecule has 0 aromatic rings. The predicted octanol–water partition coefficient (Wildman–Crippen LogP) is 1.99. The Balaban J connectivity index is 1.48. The second kappa shape index (κ2) is 7.10. The van der Waals surface area contributed by atoms with E-state index < -0.39 is 0 Å². The van der Waals surface area contributed by atoms with Crippen molar-refractivity contribution >= 4 is 5.91 Å². The van der Waals surface area contributed by atoms with Gasteiger partial charge in [-0.25, -0.2) is 0 Å². The SMILES string of the molecule is CC(NC1CCN2CCCC2C1)C(=O)N1CCCCCC1. The van der Waals surface area contributed by atoms with Crippen molar-refractivity contribution in [3.05, 3.63) is 0 Å². The van der Waals surface area contributed by atoms with E-state index in [1.807, 2.05) is 0 Å². The smallest absolute Gasteiger partial charge is 0.239 e. The maximum Gasteiger partial charge on any atom is 0.239 e. The minimum Gasteiger partial charge on any atom is -0.341 e. The van der Waals surface area contributed by atoms with Gasteiger partial charge in [0.1, 0.15) is 0 Å². The first kappa shape index (κ1) is 15.3. The molecule has 0 radical (unpaired) electrons. The highest BCUT2D eigenvalue weighted by atomic mass is 16.2. The Bertz CT molecular complexity index is 352. The minimum atomic E-state index is -0.0129. The molecule has 0 saturated carbocycles. The second-order valence-corrected chi connectivity index (χ2v) is 7.18. The molecule has 0 bridgehead atoms. The predicted molar refractivity (Wildman–Crippen MR) is 85.3 cm³/mol. The summed E-state index contributed by atoms with van der Waals surface area (Å²) in [5.41, 5.74) is 0. The van der Waals surface area contributed by atoms with Gasteiger partial charge in [0.25, 0.3) is 0 Å². The molecular formula is C17H31N3O. The van der Waals surface area contributed by atoms with Crippen LogP contribution >= 0.6 is 0 Å². The van der Waals surface area contributed by atoms with Crippen LogP contribution in [0.15, 0.2) is 0 Å². The zero-order valence-corrected chi connectivity index (χ0v) is 13.5. The Morgan fingerprint density at radius 2 is 1.76 bits per heavy atom. The zero-order valence-electron chi connectivity index (χ0n) is 13.5. The van der Waals surface area contributed by atoms with E-state index in [0.29, 0.717) is 11.9 Å². The maximum atomic E-state index is 12.6. The third kappa shape index (κ3) is 3.78. The van der Waals surface area contributed by atoms with Crippen LogP contribution in [-0.2, 0) is 4.79 Å². The summed E-state index contributed by atoms with van der Waals surface area (Å²) in [6.07, 6.45) is 10.1. The third-order valence-electron chi connectivity index (χ3n) is 5.59. The highest BCUT2D eigenvalue weighted by molar-refractivity contribution is 5.81. The number of likely N-dealkylation sites (tertiary alicyclic amines) is 1. The van der Waals surface area contributed by atoms with Gasteiger partial charge in [-0.2, -0.15) is 0 Å². The number of piperidine rings is 1. The molecule has 4 heteroatoms. The van der Waals surface area contributed by atoms with E-state index in [4.69, 9.17) is 0 Å². The third-order valence-corrected chi connectivity index (χ3v) is 5.59. The summed E-state index contributed by atoms with van der Waals surface area (Å²) < 4.78 is 0. The van der Waals surface area contributed by atoms with Crippen molar-refractivity contribution in [2.45, 2.75) is 76.4 Å². The Hall–Kier alpha value is -0.610. The molecule has 120 valence electrons. The molecule has 4 nitrogen and oxygen atoms in total. The van der Waals surface area contributed by atoms with E-state index in [-0.39, 0.29) is 6.04 Å². The number of nitrogens with one attached hydrogen (secondary N) is 1. The van der Waals surface area contributed by atoms with Gasteiger partial charge in [0.15, 0.2) is 0 Å². The highest BCUT2D eigenvalue weighted by Gasteiger charge is 2.33. The van der Waals surface area contributed by atoms with Gasteiger partial charge >= 0.3 is 0 Å². The van der Waals surface area contributed by atoms with Crippen molar-refractivity contribution < 1.29 is 4.79 Å². The van der Waals surface area contributed by atoms with E-state index in [2.05, 4.69) is 22.0 Å². The van der Waals surface area contributed by atoms with Crippen LogP contribution in [-0.4, -0.2) is 60.0 Å². The van der Waals surface area contributed by atoms with Gasteiger partial charge in [0.05, 0.1) is 6.04 Å². The quantitative estimate of drug-likeness (QED) is 0.864. The van der Waals surface area contributed by atoms with E-state index in [9.17, 15) is 4.79 Å². The summed E-state index contributed by atoms with van der Waals surface area (Å²) in [7, 11) is 0. The number of hydrogen-bond acceptors (Lipinski definition) is 3. The van der Waals surface area contributed by atoms with Crippen LogP contribution in [0.4, 0.5) is 0 Å². The fraction of sp³-hybridized carbons (Fsp3) is 0.941. The first-order valence-electron chi connectivity index (χ1n) is 9.03. The molecule has 0 aliphatic carbocycles. The fourth-order valence-electron chi connectivity index (χ4n) is 4.37. The lowest BCUT2D eigenvalue weighted by Gasteiger charge is -2.37. The maximum absolute atomic E-state index is 12.6. The molecule has 3 heterocycles. The molecule has 3 aliphatic heterocycles. The summed E-state index contributed by atoms with van der Waals surface area (Å²) in [4.78, 5) is 17.3. The minimum absolute atomic E-state index is 0.0129. The molecule has 3 saturated heterocycles. The summed E-state index contributed by atoms with van der Waals surface area (Å²) in [5, 5.41) is 3.63. The second-order valence-electron chi connectivity index (χ2n) is 7.18. The molecule has 3 rings (SSSR count). The van der Waals surface area contributed by atoms with Crippen LogP contribution in [0.1, 0.15) is 58.3 Å². The number of fused-ring (bicyclic) bond motifs is 1. The van der Waals surface area contributed by atoms with Crippen molar-refractivity contribution in [1.29, 1.82) is 0 Å². The Kier molecular flexibility index (Phi) is 5.17. The molecule has 3 aliphatic rings. The first-order valence-corrected chi connectivity index (χ1v) is 9.03.